The first-order chi connectivity index (χ1) is 32.7. The summed E-state index contributed by atoms with van der Waals surface area (Å²) in [6.45, 7) is 0. The van der Waals surface area contributed by atoms with Crippen LogP contribution in [0, 0.1) is 0 Å². The molecule has 5 heteroatoms. The molecule has 1 aliphatic carbocycles. The second-order valence-corrected chi connectivity index (χ2v) is 17.2. The quantitative estimate of drug-likeness (QED) is 0.167. The van der Waals surface area contributed by atoms with E-state index < -0.39 is 5.41 Å². The van der Waals surface area contributed by atoms with Crippen LogP contribution in [0.15, 0.2) is 235 Å². The first-order valence-electron chi connectivity index (χ1n) is 22.4. The maximum atomic E-state index is 7.07. The Bertz CT molecular complexity index is 3810. The molecule has 0 unspecified atom stereocenters. The van der Waals surface area contributed by atoms with Crippen LogP contribution in [0.4, 0.5) is 17.1 Å². The van der Waals surface area contributed by atoms with E-state index >= 15 is 0 Å². The molecule has 12 aromatic rings. The molecule has 10 aromatic carbocycles. The summed E-state index contributed by atoms with van der Waals surface area (Å²) in [5.74, 6) is 2.69. The summed E-state index contributed by atoms with van der Waals surface area (Å²) in [6, 6.07) is 81.7. The zero-order valence-electron chi connectivity index (χ0n) is 35.6. The summed E-state index contributed by atoms with van der Waals surface area (Å²) >= 11 is 0. The van der Waals surface area contributed by atoms with Crippen molar-refractivity contribution in [2.24, 2.45) is 0 Å². The predicted molar refractivity (Wildman–Crippen MR) is 267 cm³/mol. The maximum absolute atomic E-state index is 7.07. The average Bonchev–Trinajstić information content (AvgIpc) is 4.03. The van der Waals surface area contributed by atoms with Crippen molar-refractivity contribution in [3.8, 4) is 39.8 Å². The van der Waals surface area contributed by atoms with E-state index in [0.717, 1.165) is 72.6 Å². The molecule has 2 aliphatic rings. The number of furan rings is 1. The van der Waals surface area contributed by atoms with Gasteiger partial charge in [0.25, 0.3) is 0 Å². The van der Waals surface area contributed by atoms with Gasteiger partial charge in [0.05, 0.1) is 22.1 Å². The van der Waals surface area contributed by atoms with Gasteiger partial charge < -0.3 is 23.4 Å². The van der Waals surface area contributed by atoms with Crippen LogP contribution >= 0.6 is 0 Å². The number of ether oxygens (including phenoxy) is 2. The number of hydrogen-bond acceptors (Lipinski definition) is 4. The van der Waals surface area contributed by atoms with Gasteiger partial charge in [-0.25, -0.2) is 0 Å². The van der Waals surface area contributed by atoms with Crippen LogP contribution in [0.25, 0.3) is 60.6 Å². The van der Waals surface area contributed by atoms with Crippen LogP contribution in [0.5, 0.6) is 23.0 Å². The molecule has 66 heavy (non-hydrogen) atoms. The Morgan fingerprint density at radius 2 is 0.985 bits per heavy atom. The van der Waals surface area contributed by atoms with Crippen LogP contribution in [0.3, 0.4) is 0 Å². The van der Waals surface area contributed by atoms with E-state index in [1.54, 1.807) is 0 Å². The number of anilines is 3. The molecule has 0 N–H and O–H groups in total. The molecular weight excluding hydrogens is 809 g/mol. The van der Waals surface area contributed by atoms with E-state index in [9.17, 15) is 0 Å². The number of hydrogen-bond donors (Lipinski definition) is 0. The molecule has 0 radical (unpaired) electrons. The van der Waals surface area contributed by atoms with Crippen molar-refractivity contribution in [1.82, 2.24) is 4.57 Å². The second-order valence-electron chi connectivity index (χ2n) is 17.2. The van der Waals surface area contributed by atoms with Gasteiger partial charge in [0.15, 0.2) is 23.0 Å². The van der Waals surface area contributed by atoms with Crippen molar-refractivity contribution in [3.05, 3.63) is 253 Å². The molecule has 0 fully saturated rings. The molecule has 0 spiro atoms. The lowest BCUT2D eigenvalue weighted by Gasteiger charge is -2.34. The fourth-order valence-electron chi connectivity index (χ4n) is 11.0. The lowest BCUT2D eigenvalue weighted by Crippen LogP contribution is -2.28. The zero-order chi connectivity index (χ0) is 43.3. The number of fused-ring (bicyclic) bond motifs is 12. The minimum Gasteiger partial charge on any atom is -0.456 e. The topological polar surface area (TPSA) is 39.8 Å². The smallest absolute Gasteiger partial charge is 0.178 e. The first kappa shape index (κ1) is 36.7. The molecule has 14 rings (SSSR count). The fourth-order valence-corrected chi connectivity index (χ4v) is 11.0. The third-order valence-electron chi connectivity index (χ3n) is 13.7. The zero-order valence-corrected chi connectivity index (χ0v) is 35.6. The Morgan fingerprint density at radius 1 is 0.379 bits per heavy atom. The maximum Gasteiger partial charge on any atom is 0.178 e. The lowest BCUT2D eigenvalue weighted by atomic mass is 9.68. The third kappa shape index (κ3) is 5.22. The van der Waals surface area contributed by atoms with Crippen molar-refractivity contribution in [2.45, 2.75) is 5.41 Å². The average molecular weight is 847 g/mol. The van der Waals surface area contributed by atoms with Crippen LogP contribution in [-0.4, -0.2) is 4.57 Å². The van der Waals surface area contributed by atoms with Crippen LogP contribution in [0.2, 0.25) is 0 Å². The van der Waals surface area contributed by atoms with Crippen LogP contribution < -0.4 is 14.4 Å². The normalized spacial score (nSPS) is 13.2. The van der Waals surface area contributed by atoms with Crippen LogP contribution in [-0.2, 0) is 5.41 Å². The molecule has 1 aliphatic heterocycles. The summed E-state index contributed by atoms with van der Waals surface area (Å²) in [5.41, 5.74) is 14.3. The molecule has 310 valence electrons. The lowest BCUT2D eigenvalue weighted by molar-refractivity contribution is 0.360. The van der Waals surface area contributed by atoms with Gasteiger partial charge >= 0.3 is 0 Å². The van der Waals surface area contributed by atoms with Gasteiger partial charge in [-0.2, -0.15) is 0 Å². The molecule has 0 bridgehead atoms. The van der Waals surface area contributed by atoms with Crippen molar-refractivity contribution >= 4 is 60.8 Å². The Hall–Kier alpha value is -8.80. The molecule has 3 heterocycles. The van der Waals surface area contributed by atoms with Gasteiger partial charge in [0, 0.05) is 56.3 Å². The SMILES string of the molecule is c1ccc(C2(c3ccccc3)c3ccccc3-c3c2ccc2c3Oc3ccc(N(c4cccc(-n5c6ccccc6c6ccccc65)c4)c4ccc5c(c4)oc4ccccc45)cc3O2)cc1. The van der Waals surface area contributed by atoms with Gasteiger partial charge in [-0.3, -0.25) is 0 Å². The van der Waals surface area contributed by atoms with Gasteiger partial charge in [0.1, 0.15) is 11.2 Å². The van der Waals surface area contributed by atoms with Crippen molar-refractivity contribution in [1.29, 1.82) is 0 Å². The highest BCUT2D eigenvalue weighted by Crippen LogP contribution is 2.62. The predicted octanol–water partition coefficient (Wildman–Crippen LogP) is 16.4. The summed E-state index contributed by atoms with van der Waals surface area (Å²) < 4.78 is 22.9. The summed E-state index contributed by atoms with van der Waals surface area (Å²) in [5, 5.41) is 4.61. The molecule has 5 nitrogen and oxygen atoms in total. The minimum atomic E-state index is -0.549. The van der Waals surface area contributed by atoms with Crippen LogP contribution in [0.1, 0.15) is 22.3 Å². The number of rotatable bonds is 6. The second kappa shape index (κ2) is 14.1. The molecule has 0 saturated heterocycles. The summed E-state index contributed by atoms with van der Waals surface area (Å²) in [7, 11) is 0. The van der Waals surface area contributed by atoms with Gasteiger partial charge in [-0.05, 0) is 94.5 Å². The van der Waals surface area contributed by atoms with Gasteiger partial charge in [-0.15, -0.1) is 0 Å². The first-order valence-corrected chi connectivity index (χ1v) is 22.4. The number of benzene rings is 10. The molecular formula is C61H38N2O3. The number of para-hydroxylation sites is 3. The van der Waals surface area contributed by atoms with Crippen molar-refractivity contribution in [2.75, 3.05) is 4.90 Å². The Labute approximate surface area is 380 Å². The van der Waals surface area contributed by atoms with Crippen molar-refractivity contribution in [3.63, 3.8) is 0 Å². The van der Waals surface area contributed by atoms with E-state index in [-0.39, 0.29) is 0 Å². The van der Waals surface area contributed by atoms with E-state index in [4.69, 9.17) is 13.9 Å². The van der Waals surface area contributed by atoms with Gasteiger partial charge in [0.2, 0.25) is 0 Å². The summed E-state index contributed by atoms with van der Waals surface area (Å²) in [6.07, 6.45) is 0. The number of aromatic nitrogens is 1. The summed E-state index contributed by atoms with van der Waals surface area (Å²) in [4.78, 5) is 2.27. The fraction of sp³-hybridized carbons (Fsp3) is 0.0164. The standard InChI is InChI=1S/C61H38N2O3/c1-3-16-39(17-4-1)61(40-18-5-2-6-19-40)50-26-11-7-25-49(50)59-51(61)33-35-56-60(59)66-55-34-31-44(38-58(55)65-56)62(43-30-32-48-47-24-10-14-29-54(47)64-57(48)37-43)41-20-15-21-42(36-41)63-52-27-12-8-22-45(52)46-23-9-13-28-53(46)63/h1-38H. The number of nitrogens with zero attached hydrogens (tertiary/aromatic N) is 2. The minimum absolute atomic E-state index is 0.549. The third-order valence-corrected chi connectivity index (χ3v) is 13.7. The largest absolute Gasteiger partial charge is 0.456 e. The highest BCUT2D eigenvalue weighted by Gasteiger charge is 2.48. The highest BCUT2D eigenvalue weighted by atomic mass is 16.6. The van der Waals surface area contributed by atoms with Crippen molar-refractivity contribution < 1.29 is 13.9 Å². The van der Waals surface area contributed by atoms with E-state index in [0.29, 0.717) is 17.2 Å². The van der Waals surface area contributed by atoms with Gasteiger partial charge in [-0.1, -0.05) is 152 Å². The van der Waals surface area contributed by atoms with E-state index in [1.807, 2.05) is 18.2 Å². The molecule has 0 amide bonds. The Morgan fingerprint density at radius 3 is 1.76 bits per heavy atom. The Balaban J connectivity index is 0.925. The molecule has 2 aromatic heterocycles. The monoisotopic (exact) mass is 846 g/mol. The highest BCUT2D eigenvalue weighted by molar-refractivity contribution is 6.09. The molecule has 0 saturated carbocycles. The molecule has 0 atom stereocenters. The van der Waals surface area contributed by atoms with E-state index in [1.165, 1.54) is 33.0 Å². The van der Waals surface area contributed by atoms with E-state index in [2.05, 4.69) is 222 Å². The Kier molecular flexibility index (Phi) is 7.83.